The van der Waals surface area contributed by atoms with Gasteiger partial charge in [-0.3, -0.25) is 9.59 Å². The van der Waals surface area contributed by atoms with E-state index in [9.17, 15) is 9.59 Å². The van der Waals surface area contributed by atoms with Crippen LogP contribution >= 0.6 is 0 Å². The Kier molecular flexibility index (Phi) is 1.42. The molecule has 2 heterocycles. The van der Waals surface area contributed by atoms with Gasteiger partial charge in [0.2, 0.25) is 6.41 Å². The van der Waals surface area contributed by atoms with Crippen molar-refractivity contribution in [1.29, 1.82) is 0 Å². The van der Waals surface area contributed by atoms with Crippen LogP contribution in [0.25, 0.3) is 0 Å². The topological polar surface area (TPSA) is 46.6 Å². The van der Waals surface area contributed by atoms with Crippen molar-refractivity contribution in [3.63, 3.8) is 0 Å². The van der Waals surface area contributed by atoms with Crippen molar-refractivity contribution in [2.45, 2.75) is 18.6 Å². The van der Waals surface area contributed by atoms with Crippen LogP contribution in [0.15, 0.2) is 0 Å². The highest BCUT2D eigenvalue weighted by molar-refractivity contribution is 5.89. The Balaban J connectivity index is 2.19. The molecule has 1 amide bonds. The van der Waals surface area contributed by atoms with E-state index in [2.05, 4.69) is 0 Å². The third-order valence-corrected chi connectivity index (χ3v) is 2.29. The van der Waals surface area contributed by atoms with Crippen molar-refractivity contribution in [3.05, 3.63) is 0 Å². The fraction of sp³-hybridized carbons (Fsp3) is 0.714. The minimum absolute atomic E-state index is 0.0206. The van der Waals surface area contributed by atoms with Gasteiger partial charge in [0, 0.05) is 6.54 Å². The molecule has 0 saturated carbocycles. The molecular weight excluding hydrogens is 146 g/mol. The molecule has 4 heteroatoms. The Morgan fingerprint density at radius 3 is 3.18 bits per heavy atom. The molecule has 0 aliphatic carbocycles. The minimum atomic E-state index is -0.271. The van der Waals surface area contributed by atoms with E-state index in [4.69, 9.17) is 4.74 Å². The van der Waals surface area contributed by atoms with Crippen molar-refractivity contribution in [2.75, 3.05) is 13.2 Å². The van der Waals surface area contributed by atoms with E-state index in [-0.39, 0.29) is 24.5 Å². The van der Waals surface area contributed by atoms with Crippen molar-refractivity contribution < 1.29 is 14.3 Å². The number of hydrogen-bond acceptors (Lipinski definition) is 3. The van der Waals surface area contributed by atoms with Crippen LogP contribution in [0.3, 0.4) is 0 Å². The number of amides is 1. The van der Waals surface area contributed by atoms with Crippen molar-refractivity contribution in [1.82, 2.24) is 4.90 Å². The molecule has 4 nitrogen and oxygen atoms in total. The van der Waals surface area contributed by atoms with Gasteiger partial charge in [0.25, 0.3) is 0 Å². The molecule has 2 fully saturated rings. The average Bonchev–Trinajstić information content (AvgIpc) is 2.54. The first-order chi connectivity index (χ1) is 5.33. The number of hydrogen-bond donors (Lipinski definition) is 0. The number of fused-ring (bicyclic) bond motifs is 1. The lowest BCUT2D eigenvalue weighted by molar-refractivity contribution is -0.127. The smallest absolute Gasteiger partial charge is 0.210 e. The minimum Gasteiger partial charge on any atom is -0.368 e. The van der Waals surface area contributed by atoms with Crippen LogP contribution < -0.4 is 0 Å². The first kappa shape index (κ1) is 6.79. The van der Waals surface area contributed by atoms with Gasteiger partial charge in [-0.05, 0) is 6.42 Å². The highest BCUT2D eigenvalue weighted by Gasteiger charge is 2.44. The van der Waals surface area contributed by atoms with Gasteiger partial charge in [-0.25, -0.2) is 0 Å². The molecular formula is C7H9NO3. The van der Waals surface area contributed by atoms with E-state index in [1.807, 2.05) is 0 Å². The number of likely N-dealkylation sites (tertiary alicyclic amines) is 1. The van der Waals surface area contributed by atoms with E-state index < -0.39 is 0 Å². The van der Waals surface area contributed by atoms with E-state index >= 15 is 0 Å². The standard InChI is InChI=1S/C7H9NO3/c9-4-8-2-1-6-7(8)5(10)3-11-6/h4,6-7H,1-3H2. The number of ether oxygens (including phenoxy) is 1. The maximum absolute atomic E-state index is 11.1. The van der Waals surface area contributed by atoms with Crippen LogP contribution in [0, 0.1) is 0 Å². The molecule has 0 bridgehead atoms. The van der Waals surface area contributed by atoms with E-state index in [1.54, 1.807) is 0 Å². The summed E-state index contributed by atoms with van der Waals surface area (Å²) in [6.45, 7) is 0.838. The lowest BCUT2D eigenvalue weighted by Crippen LogP contribution is -2.36. The molecule has 0 N–H and O–H groups in total. The Bertz CT molecular complexity index is 204. The maximum Gasteiger partial charge on any atom is 0.210 e. The number of ketones is 1. The van der Waals surface area contributed by atoms with Gasteiger partial charge in [0.1, 0.15) is 12.6 Å². The fourth-order valence-electron chi connectivity index (χ4n) is 1.75. The number of carbonyl (C=O) groups excluding carboxylic acids is 2. The van der Waals surface area contributed by atoms with Gasteiger partial charge in [-0.2, -0.15) is 0 Å². The van der Waals surface area contributed by atoms with Crippen LogP contribution in [0.4, 0.5) is 0 Å². The molecule has 2 aliphatic heterocycles. The molecule has 2 unspecified atom stereocenters. The lowest BCUT2D eigenvalue weighted by Gasteiger charge is -2.14. The van der Waals surface area contributed by atoms with Crippen molar-refractivity contribution in [3.8, 4) is 0 Å². The summed E-state index contributed by atoms with van der Waals surface area (Å²) in [6, 6.07) is -0.271. The van der Waals surface area contributed by atoms with Gasteiger partial charge in [0.15, 0.2) is 5.78 Å². The summed E-state index contributed by atoms with van der Waals surface area (Å²) in [7, 11) is 0. The molecule has 2 saturated heterocycles. The van der Waals surface area contributed by atoms with Crippen LogP contribution in [0.1, 0.15) is 6.42 Å². The first-order valence-electron chi connectivity index (χ1n) is 3.68. The number of carbonyl (C=O) groups is 2. The summed E-state index contributed by atoms with van der Waals surface area (Å²) < 4.78 is 5.17. The molecule has 60 valence electrons. The summed E-state index contributed by atoms with van der Waals surface area (Å²) >= 11 is 0. The second-order valence-corrected chi connectivity index (χ2v) is 2.89. The molecule has 2 atom stereocenters. The second kappa shape index (κ2) is 2.30. The Morgan fingerprint density at radius 1 is 1.64 bits per heavy atom. The monoisotopic (exact) mass is 155 g/mol. The normalized spacial score (nSPS) is 36.0. The van der Waals surface area contributed by atoms with E-state index in [1.165, 1.54) is 4.90 Å². The quantitative estimate of drug-likeness (QED) is 0.465. The molecule has 2 rings (SSSR count). The molecule has 2 aliphatic rings. The van der Waals surface area contributed by atoms with Crippen molar-refractivity contribution in [2.24, 2.45) is 0 Å². The molecule has 0 aromatic rings. The molecule has 0 aromatic carbocycles. The van der Waals surface area contributed by atoms with E-state index in [0.717, 1.165) is 12.8 Å². The average molecular weight is 155 g/mol. The van der Waals surface area contributed by atoms with Gasteiger partial charge in [-0.15, -0.1) is 0 Å². The zero-order chi connectivity index (χ0) is 7.84. The number of nitrogens with zero attached hydrogens (tertiary/aromatic N) is 1. The first-order valence-corrected chi connectivity index (χ1v) is 3.68. The molecule has 0 aromatic heterocycles. The Hall–Kier alpha value is -0.900. The summed E-state index contributed by atoms with van der Waals surface area (Å²) in [5.74, 6) is 0.0413. The predicted octanol–water partition coefficient (Wildman–Crippen LogP) is -0.815. The summed E-state index contributed by atoms with van der Waals surface area (Å²) in [5, 5.41) is 0. The Labute approximate surface area is 64.1 Å². The largest absolute Gasteiger partial charge is 0.368 e. The molecule has 11 heavy (non-hydrogen) atoms. The molecule has 0 radical (unpaired) electrons. The maximum atomic E-state index is 11.1. The third kappa shape index (κ3) is 0.860. The zero-order valence-corrected chi connectivity index (χ0v) is 6.03. The summed E-state index contributed by atoms with van der Waals surface area (Å²) in [6.07, 6.45) is 1.51. The van der Waals surface area contributed by atoms with Crippen LogP contribution in [0.2, 0.25) is 0 Å². The number of rotatable bonds is 1. The predicted molar refractivity (Wildman–Crippen MR) is 35.9 cm³/mol. The van der Waals surface area contributed by atoms with Crippen molar-refractivity contribution >= 4 is 12.2 Å². The lowest BCUT2D eigenvalue weighted by atomic mass is 10.1. The van der Waals surface area contributed by atoms with Gasteiger partial charge in [-0.1, -0.05) is 0 Å². The van der Waals surface area contributed by atoms with E-state index in [0.29, 0.717) is 6.54 Å². The van der Waals surface area contributed by atoms with Gasteiger partial charge in [0.05, 0.1) is 6.10 Å². The van der Waals surface area contributed by atoms with Gasteiger partial charge >= 0.3 is 0 Å². The van der Waals surface area contributed by atoms with Crippen LogP contribution in [0.5, 0.6) is 0 Å². The zero-order valence-electron chi connectivity index (χ0n) is 6.03. The fourth-order valence-corrected chi connectivity index (χ4v) is 1.75. The van der Waals surface area contributed by atoms with Crippen LogP contribution in [-0.2, 0) is 14.3 Å². The summed E-state index contributed by atoms with van der Waals surface area (Å²) in [4.78, 5) is 23.0. The van der Waals surface area contributed by atoms with Crippen LogP contribution in [-0.4, -0.2) is 42.4 Å². The highest BCUT2D eigenvalue weighted by atomic mass is 16.5. The second-order valence-electron chi connectivity index (χ2n) is 2.89. The molecule has 0 spiro atoms. The third-order valence-electron chi connectivity index (χ3n) is 2.29. The Morgan fingerprint density at radius 2 is 2.45 bits per heavy atom. The summed E-state index contributed by atoms with van der Waals surface area (Å²) in [5.41, 5.74) is 0. The van der Waals surface area contributed by atoms with Gasteiger partial charge < -0.3 is 9.64 Å². The SMILES string of the molecule is O=CN1CCC2OCC(=O)C21. The highest BCUT2D eigenvalue weighted by Crippen LogP contribution is 2.25. The number of Topliss-reactive ketones (excluding diaryl/α,β-unsaturated/α-hetero) is 1.